The van der Waals surface area contributed by atoms with E-state index in [2.05, 4.69) is 11.2 Å². The highest BCUT2D eigenvalue weighted by Gasteiger charge is 2.03. The number of benzene rings is 1. The SMILES string of the molecule is C#CCCNc1ccc(OC)c(OC)c1. The molecule has 1 rings (SSSR count). The molecule has 0 bridgehead atoms. The van der Waals surface area contributed by atoms with Crippen molar-refractivity contribution in [2.24, 2.45) is 0 Å². The maximum Gasteiger partial charge on any atom is 0.162 e. The molecule has 1 N–H and O–H groups in total. The largest absolute Gasteiger partial charge is 0.493 e. The average molecular weight is 205 g/mol. The zero-order valence-corrected chi connectivity index (χ0v) is 9.04. The lowest BCUT2D eigenvalue weighted by molar-refractivity contribution is 0.355. The first kappa shape index (κ1) is 11.3. The van der Waals surface area contributed by atoms with Crippen molar-refractivity contribution in [2.75, 3.05) is 26.1 Å². The van der Waals surface area contributed by atoms with Crippen LogP contribution in [-0.2, 0) is 0 Å². The van der Waals surface area contributed by atoms with Crippen LogP contribution in [0.25, 0.3) is 0 Å². The number of terminal acetylenes is 1. The lowest BCUT2D eigenvalue weighted by atomic mass is 10.2. The van der Waals surface area contributed by atoms with Crippen LogP contribution in [0.2, 0.25) is 0 Å². The van der Waals surface area contributed by atoms with E-state index in [0.717, 1.165) is 18.0 Å². The normalized spacial score (nSPS) is 9.13. The highest BCUT2D eigenvalue weighted by molar-refractivity contribution is 5.54. The second kappa shape index (κ2) is 5.82. The van der Waals surface area contributed by atoms with Crippen molar-refractivity contribution in [3.63, 3.8) is 0 Å². The Kier molecular flexibility index (Phi) is 4.36. The molecule has 0 heterocycles. The molecular formula is C12H15NO2. The Bertz CT molecular complexity index is 355. The Morgan fingerprint density at radius 3 is 2.60 bits per heavy atom. The maximum atomic E-state index is 5.18. The molecule has 0 saturated carbocycles. The van der Waals surface area contributed by atoms with E-state index in [9.17, 15) is 0 Å². The van der Waals surface area contributed by atoms with Gasteiger partial charge in [0.1, 0.15) is 0 Å². The lowest BCUT2D eigenvalue weighted by Crippen LogP contribution is -2.00. The van der Waals surface area contributed by atoms with Gasteiger partial charge in [0.2, 0.25) is 0 Å². The molecule has 0 amide bonds. The number of methoxy groups -OCH3 is 2. The summed E-state index contributed by atoms with van der Waals surface area (Å²) in [4.78, 5) is 0. The Balaban J connectivity index is 2.71. The summed E-state index contributed by atoms with van der Waals surface area (Å²) in [7, 11) is 3.23. The van der Waals surface area contributed by atoms with E-state index in [1.807, 2.05) is 18.2 Å². The zero-order valence-electron chi connectivity index (χ0n) is 9.04. The minimum absolute atomic E-state index is 0.703. The molecule has 3 nitrogen and oxygen atoms in total. The van der Waals surface area contributed by atoms with E-state index >= 15 is 0 Å². The molecular weight excluding hydrogens is 190 g/mol. The van der Waals surface area contributed by atoms with Crippen molar-refractivity contribution >= 4 is 5.69 Å². The van der Waals surface area contributed by atoms with Crippen LogP contribution < -0.4 is 14.8 Å². The van der Waals surface area contributed by atoms with Gasteiger partial charge in [0.25, 0.3) is 0 Å². The van der Waals surface area contributed by atoms with Crippen molar-refractivity contribution in [1.29, 1.82) is 0 Å². The molecule has 80 valence electrons. The third kappa shape index (κ3) is 3.10. The summed E-state index contributed by atoms with van der Waals surface area (Å²) in [5, 5.41) is 3.19. The van der Waals surface area contributed by atoms with Crippen LogP contribution in [0.4, 0.5) is 5.69 Å². The number of hydrogen-bond donors (Lipinski definition) is 1. The lowest BCUT2D eigenvalue weighted by Gasteiger charge is -2.10. The Morgan fingerprint density at radius 2 is 2.00 bits per heavy atom. The third-order valence-electron chi connectivity index (χ3n) is 1.98. The smallest absolute Gasteiger partial charge is 0.162 e. The second-order valence-corrected chi connectivity index (χ2v) is 2.95. The van der Waals surface area contributed by atoms with E-state index in [1.165, 1.54) is 0 Å². The van der Waals surface area contributed by atoms with Crippen molar-refractivity contribution < 1.29 is 9.47 Å². The van der Waals surface area contributed by atoms with Crippen molar-refractivity contribution in [3.05, 3.63) is 18.2 Å². The van der Waals surface area contributed by atoms with Gasteiger partial charge in [-0.05, 0) is 12.1 Å². The molecule has 0 unspecified atom stereocenters. The third-order valence-corrected chi connectivity index (χ3v) is 1.98. The van der Waals surface area contributed by atoms with Gasteiger partial charge in [0.15, 0.2) is 11.5 Å². The standard InChI is InChI=1S/C12H15NO2/c1-4-5-8-13-10-6-7-11(14-2)12(9-10)15-3/h1,6-7,9,13H,5,8H2,2-3H3. The molecule has 0 aliphatic heterocycles. The van der Waals surface area contributed by atoms with Crippen LogP contribution in [0.1, 0.15) is 6.42 Å². The number of nitrogens with one attached hydrogen (secondary N) is 1. The Labute approximate surface area is 90.4 Å². The topological polar surface area (TPSA) is 30.5 Å². The molecule has 15 heavy (non-hydrogen) atoms. The second-order valence-electron chi connectivity index (χ2n) is 2.95. The summed E-state index contributed by atoms with van der Waals surface area (Å²) in [6.07, 6.45) is 5.86. The van der Waals surface area contributed by atoms with Crippen molar-refractivity contribution in [2.45, 2.75) is 6.42 Å². The van der Waals surface area contributed by atoms with Gasteiger partial charge in [-0.2, -0.15) is 0 Å². The summed E-state index contributed by atoms with van der Waals surface area (Å²) < 4.78 is 10.3. The van der Waals surface area contributed by atoms with Gasteiger partial charge in [0.05, 0.1) is 14.2 Å². The first-order valence-electron chi connectivity index (χ1n) is 4.71. The van der Waals surface area contributed by atoms with E-state index in [1.54, 1.807) is 14.2 Å². The maximum absolute atomic E-state index is 5.18. The molecule has 1 aromatic carbocycles. The van der Waals surface area contributed by atoms with Crippen molar-refractivity contribution in [3.8, 4) is 23.8 Å². The molecule has 0 aliphatic carbocycles. The van der Waals surface area contributed by atoms with Crippen LogP contribution in [0.5, 0.6) is 11.5 Å². The minimum atomic E-state index is 0.703. The number of rotatable bonds is 5. The Hall–Kier alpha value is -1.82. The fraction of sp³-hybridized carbons (Fsp3) is 0.333. The van der Waals surface area contributed by atoms with Crippen molar-refractivity contribution in [1.82, 2.24) is 0 Å². The highest BCUT2D eigenvalue weighted by Crippen LogP contribution is 2.29. The molecule has 1 aromatic rings. The van der Waals surface area contributed by atoms with Crippen LogP contribution in [-0.4, -0.2) is 20.8 Å². The van der Waals surface area contributed by atoms with Crippen LogP contribution in [0, 0.1) is 12.3 Å². The number of hydrogen-bond acceptors (Lipinski definition) is 3. The minimum Gasteiger partial charge on any atom is -0.493 e. The number of ether oxygens (including phenoxy) is 2. The van der Waals surface area contributed by atoms with E-state index < -0.39 is 0 Å². The first-order chi connectivity index (χ1) is 7.31. The monoisotopic (exact) mass is 205 g/mol. The van der Waals surface area contributed by atoms with E-state index in [4.69, 9.17) is 15.9 Å². The summed E-state index contributed by atoms with van der Waals surface area (Å²) in [5.41, 5.74) is 0.975. The van der Waals surface area contributed by atoms with Gasteiger partial charge in [-0.3, -0.25) is 0 Å². The molecule has 0 radical (unpaired) electrons. The fourth-order valence-electron chi connectivity index (χ4n) is 1.23. The highest BCUT2D eigenvalue weighted by atomic mass is 16.5. The average Bonchev–Trinajstić information content (AvgIpc) is 2.29. The summed E-state index contributed by atoms with van der Waals surface area (Å²) in [6.45, 7) is 0.756. The van der Waals surface area contributed by atoms with E-state index in [-0.39, 0.29) is 0 Å². The molecule has 0 spiro atoms. The van der Waals surface area contributed by atoms with Gasteiger partial charge in [-0.25, -0.2) is 0 Å². The molecule has 0 atom stereocenters. The molecule has 3 heteroatoms. The van der Waals surface area contributed by atoms with Gasteiger partial charge < -0.3 is 14.8 Å². The molecule has 0 aliphatic rings. The van der Waals surface area contributed by atoms with Crippen LogP contribution >= 0.6 is 0 Å². The number of anilines is 1. The quantitative estimate of drug-likeness (QED) is 0.590. The van der Waals surface area contributed by atoms with Crippen LogP contribution in [0.15, 0.2) is 18.2 Å². The summed E-state index contributed by atoms with van der Waals surface area (Å²) in [6, 6.07) is 5.67. The van der Waals surface area contributed by atoms with Gasteiger partial charge in [-0.1, -0.05) is 0 Å². The summed E-state index contributed by atoms with van der Waals surface area (Å²) in [5.74, 6) is 4.00. The molecule has 0 aromatic heterocycles. The zero-order chi connectivity index (χ0) is 11.1. The first-order valence-corrected chi connectivity index (χ1v) is 4.71. The fourth-order valence-corrected chi connectivity index (χ4v) is 1.23. The van der Waals surface area contributed by atoms with E-state index in [0.29, 0.717) is 12.2 Å². The molecule has 0 fully saturated rings. The van der Waals surface area contributed by atoms with Gasteiger partial charge in [-0.15, -0.1) is 12.3 Å². The summed E-state index contributed by atoms with van der Waals surface area (Å²) >= 11 is 0. The van der Waals surface area contributed by atoms with Gasteiger partial charge >= 0.3 is 0 Å². The Morgan fingerprint density at radius 1 is 1.27 bits per heavy atom. The predicted octanol–water partition coefficient (Wildman–Crippen LogP) is 2.14. The molecule has 0 saturated heterocycles. The van der Waals surface area contributed by atoms with Crippen LogP contribution in [0.3, 0.4) is 0 Å². The van der Waals surface area contributed by atoms with Gasteiger partial charge in [0, 0.05) is 24.7 Å². The predicted molar refractivity (Wildman–Crippen MR) is 61.5 cm³/mol.